The van der Waals surface area contributed by atoms with E-state index in [1.807, 2.05) is 54.9 Å². The van der Waals surface area contributed by atoms with Gasteiger partial charge in [-0.25, -0.2) is 4.98 Å². The van der Waals surface area contributed by atoms with Gasteiger partial charge in [0.2, 0.25) is 0 Å². The number of hydrogen-bond acceptors (Lipinski definition) is 3. The van der Waals surface area contributed by atoms with Crippen LogP contribution >= 0.6 is 0 Å². The SMILES string of the molecule is c1ccc(COc2ccc(-c3cnc4[nH]nc(-c5ccc[nH]5)c4c3)cc2)cc1. The second kappa shape index (κ2) is 7.04. The van der Waals surface area contributed by atoms with Gasteiger partial charge in [-0.15, -0.1) is 0 Å². The Labute approximate surface area is 162 Å². The highest BCUT2D eigenvalue weighted by Crippen LogP contribution is 2.29. The largest absolute Gasteiger partial charge is 0.489 e. The van der Waals surface area contributed by atoms with E-state index in [2.05, 4.69) is 50.5 Å². The zero-order chi connectivity index (χ0) is 18.8. The van der Waals surface area contributed by atoms with E-state index in [1.165, 1.54) is 0 Å². The van der Waals surface area contributed by atoms with Gasteiger partial charge in [-0.3, -0.25) is 5.10 Å². The zero-order valence-electron chi connectivity index (χ0n) is 15.1. The summed E-state index contributed by atoms with van der Waals surface area (Å²) >= 11 is 0. The van der Waals surface area contributed by atoms with Gasteiger partial charge in [0.25, 0.3) is 0 Å². The summed E-state index contributed by atoms with van der Waals surface area (Å²) in [6.45, 7) is 0.558. The van der Waals surface area contributed by atoms with Gasteiger partial charge in [0, 0.05) is 23.3 Å². The number of ether oxygens (including phenoxy) is 1. The Bertz CT molecular complexity index is 1190. The van der Waals surface area contributed by atoms with Crippen LogP contribution < -0.4 is 4.74 Å². The molecule has 0 aliphatic rings. The fraction of sp³-hybridized carbons (Fsp3) is 0.0435. The quantitative estimate of drug-likeness (QED) is 0.449. The predicted octanol–water partition coefficient (Wildman–Crippen LogP) is 5.20. The summed E-state index contributed by atoms with van der Waals surface area (Å²) in [5.41, 5.74) is 5.89. The summed E-state index contributed by atoms with van der Waals surface area (Å²) in [5.74, 6) is 0.844. The van der Waals surface area contributed by atoms with Crippen molar-refractivity contribution in [1.29, 1.82) is 0 Å². The summed E-state index contributed by atoms with van der Waals surface area (Å²) in [7, 11) is 0. The second-order valence-corrected chi connectivity index (χ2v) is 6.57. The molecule has 0 saturated carbocycles. The van der Waals surface area contributed by atoms with Gasteiger partial charge in [0.05, 0.1) is 5.69 Å². The summed E-state index contributed by atoms with van der Waals surface area (Å²) in [5, 5.41) is 8.39. The molecule has 0 radical (unpaired) electrons. The van der Waals surface area contributed by atoms with Crippen LogP contribution in [0.3, 0.4) is 0 Å². The third-order valence-corrected chi connectivity index (χ3v) is 4.71. The Hall–Kier alpha value is -3.86. The number of benzene rings is 2. The Morgan fingerprint density at radius 1 is 0.857 bits per heavy atom. The Morgan fingerprint density at radius 3 is 2.50 bits per heavy atom. The van der Waals surface area contributed by atoms with Crippen molar-refractivity contribution in [3.8, 4) is 28.3 Å². The van der Waals surface area contributed by atoms with Crippen LogP contribution in [0.1, 0.15) is 5.56 Å². The summed E-state index contributed by atoms with van der Waals surface area (Å²) in [6, 6.07) is 24.3. The number of hydrogen-bond donors (Lipinski definition) is 2. The van der Waals surface area contributed by atoms with E-state index >= 15 is 0 Å². The number of H-pyrrole nitrogens is 2. The lowest BCUT2D eigenvalue weighted by Gasteiger charge is -2.08. The van der Waals surface area contributed by atoms with Gasteiger partial charge in [-0.05, 0) is 41.5 Å². The third-order valence-electron chi connectivity index (χ3n) is 4.71. The van der Waals surface area contributed by atoms with Crippen molar-refractivity contribution in [2.24, 2.45) is 0 Å². The molecule has 2 aromatic carbocycles. The van der Waals surface area contributed by atoms with Crippen molar-refractivity contribution >= 4 is 11.0 Å². The molecule has 5 nitrogen and oxygen atoms in total. The molecule has 0 aliphatic carbocycles. The fourth-order valence-electron chi connectivity index (χ4n) is 3.23. The maximum atomic E-state index is 5.87. The molecule has 0 amide bonds. The van der Waals surface area contributed by atoms with Crippen LogP contribution in [0, 0.1) is 0 Å². The van der Waals surface area contributed by atoms with Gasteiger partial charge >= 0.3 is 0 Å². The first-order valence-corrected chi connectivity index (χ1v) is 9.12. The molecule has 28 heavy (non-hydrogen) atoms. The van der Waals surface area contributed by atoms with Crippen molar-refractivity contribution in [3.05, 3.63) is 90.8 Å². The van der Waals surface area contributed by atoms with E-state index in [1.54, 1.807) is 0 Å². The molecule has 0 atom stereocenters. The first-order valence-electron chi connectivity index (χ1n) is 9.12. The van der Waals surface area contributed by atoms with Gasteiger partial charge in [0.1, 0.15) is 18.1 Å². The summed E-state index contributed by atoms with van der Waals surface area (Å²) < 4.78 is 5.87. The molecular weight excluding hydrogens is 348 g/mol. The summed E-state index contributed by atoms with van der Waals surface area (Å²) in [4.78, 5) is 7.72. The van der Waals surface area contributed by atoms with Crippen molar-refractivity contribution in [3.63, 3.8) is 0 Å². The van der Waals surface area contributed by atoms with Gasteiger partial charge in [-0.1, -0.05) is 42.5 Å². The number of nitrogens with one attached hydrogen (secondary N) is 2. The normalized spacial score (nSPS) is 11.0. The Morgan fingerprint density at radius 2 is 1.71 bits per heavy atom. The molecule has 5 rings (SSSR count). The molecule has 0 bridgehead atoms. The van der Waals surface area contributed by atoms with E-state index in [9.17, 15) is 0 Å². The highest BCUT2D eigenvalue weighted by molar-refractivity contribution is 5.92. The zero-order valence-corrected chi connectivity index (χ0v) is 15.1. The minimum Gasteiger partial charge on any atom is -0.489 e. The lowest BCUT2D eigenvalue weighted by molar-refractivity contribution is 0.306. The maximum Gasteiger partial charge on any atom is 0.155 e. The molecule has 0 unspecified atom stereocenters. The van der Waals surface area contributed by atoms with Gasteiger partial charge in [0.15, 0.2) is 5.65 Å². The molecule has 0 spiro atoms. The topological polar surface area (TPSA) is 66.6 Å². The standard InChI is InChI=1S/C23H18N4O/c1-2-5-16(6-3-1)15-28-19-10-8-17(9-11-19)18-13-20-22(21-7-4-12-24-21)26-27-23(20)25-14-18/h1-14,24H,15H2,(H,25,26,27). The minimum atomic E-state index is 0.558. The lowest BCUT2D eigenvalue weighted by Crippen LogP contribution is -1.94. The monoisotopic (exact) mass is 366 g/mol. The molecule has 136 valence electrons. The predicted molar refractivity (Wildman–Crippen MR) is 110 cm³/mol. The van der Waals surface area contributed by atoms with Crippen LogP contribution in [0.4, 0.5) is 0 Å². The lowest BCUT2D eigenvalue weighted by atomic mass is 10.1. The van der Waals surface area contributed by atoms with Crippen LogP contribution in [0.15, 0.2) is 85.2 Å². The van der Waals surface area contributed by atoms with Crippen molar-refractivity contribution < 1.29 is 4.74 Å². The van der Waals surface area contributed by atoms with Crippen LogP contribution in [0.25, 0.3) is 33.5 Å². The molecule has 0 aliphatic heterocycles. The first kappa shape index (κ1) is 16.3. The van der Waals surface area contributed by atoms with Crippen molar-refractivity contribution in [2.75, 3.05) is 0 Å². The number of fused-ring (bicyclic) bond motifs is 1. The third kappa shape index (κ3) is 3.14. The maximum absolute atomic E-state index is 5.87. The Balaban J connectivity index is 1.40. The molecule has 0 saturated heterocycles. The van der Waals surface area contributed by atoms with E-state index in [0.717, 1.165) is 44.9 Å². The molecule has 5 aromatic rings. The van der Waals surface area contributed by atoms with E-state index in [-0.39, 0.29) is 0 Å². The van der Waals surface area contributed by atoms with E-state index < -0.39 is 0 Å². The van der Waals surface area contributed by atoms with Gasteiger partial charge < -0.3 is 9.72 Å². The van der Waals surface area contributed by atoms with Gasteiger partial charge in [-0.2, -0.15) is 5.10 Å². The molecule has 0 fully saturated rings. The Kier molecular flexibility index (Phi) is 4.10. The summed E-state index contributed by atoms with van der Waals surface area (Å²) in [6.07, 6.45) is 3.75. The number of aromatic amines is 2. The van der Waals surface area contributed by atoms with Crippen molar-refractivity contribution in [2.45, 2.75) is 6.61 Å². The molecule has 3 heterocycles. The smallest absolute Gasteiger partial charge is 0.155 e. The molecule has 3 aromatic heterocycles. The highest BCUT2D eigenvalue weighted by atomic mass is 16.5. The van der Waals surface area contributed by atoms with E-state index in [0.29, 0.717) is 6.61 Å². The van der Waals surface area contributed by atoms with Crippen LogP contribution in [0.5, 0.6) is 5.75 Å². The van der Waals surface area contributed by atoms with Crippen molar-refractivity contribution in [1.82, 2.24) is 20.2 Å². The average molecular weight is 366 g/mol. The average Bonchev–Trinajstić information content (AvgIpc) is 3.42. The fourth-order valence-corrected chi connectivity index (χ4v) is 3.23. The van der Waals surface area contributed by atoms with Crippen LogP contribution in [0.2, 0.25) is 0 Å². The number of pyridine rings is 1. The first-order chi connectivity index (χ1) is 13.9. The highest BCUT2D eigenvalue weighted by Gasteiger charge is 2.11. The van der Waals surface area contributed by atoms with E-state index in [4.69, 9.17) is 4.74 Å². The number of rotatable bonds is 5. The molecule has 5 heteroatoms. The minimum absolute atomic E-state index is 0.558. The molecular formula is C23H18N4O. The van der Waals surface area contributed by atoms with Crippen LogP contribution in [-0.4, -0.2) is 20.2 Å². The van der Waals surface area contributed by atoms with Crippen LogP contribution in [-0.2, 0) is 6.61 Å². The number of aromatic nitrogens is 4. The number of nitrogens with zero attached hydrogens (tertiary/aromatic N) is 2. The second-order valence-electron chi connectivity index (χ2n) is 6.57. The molecule has 2 N–H and O–H groups in total.